The first-order valence-electron chi connectivity index (χ1n) is 6.68. The van der Waals surface area contributed by atoms with E-state index in [1.807, 2.05) is 0 Å². The van der Waals surface area contributed by atoms with Crippen molar-refractivity contribution in [2.45, 2.75) is 58.9 Å². The first-order valence-corrected chi connectivity index (χ1v) is 7.45. The van der Waals surface area contributed by atoms with Gasteiger partial charge < -0.3 is 5.32 Å². The smallest absolute Gasteiger partial charge is 0.202 e. The van der Waals surface area contributed by atoms with Crippen molar-refractivity contribution in [1.29, 1.82) is 0 Å². The summed E-state index contributed by atoms with van der Waals surface area (Å²) in [7, 11) is 0. The van der Waals surface area contributed by atoms with Crippen LogP contribution >= 0.6 is 11.5 Å². The average Bonchev–Trinajstić information content (AvgIpc) is 2.73. The highest BCUT2D eigenvalue weighted by atomic mass is 32.1. The highest BCUT2D eigenvalue weighted by Gasteiger charge is 2.27. The van der Waals surface area contributed by atoms with E-state index in [1.54, 1.807) is 0 Å². The SMILES string of the molecule is CC(C)c1nsc(NC2CCCC(C)C2C)n1. The quantitative estimate of drug-likeness (QED) is 0.888. The van der Waals surface area contributed by atoms with Gasteiger partial charge in [-0.2, -0.15) is 4.37 Å². The van der Waals surface area contributed by atoms with Crippen molar-refractivity contribution >= 4 is 16.7 Å². The van der Waals surface area contributed by atoms with Gasteiger partial charge in [0.1, 0.15) is 5.82 Å². The third kappa shape index (κ3) is 2.97. The predicted molar refractivity (Wildman–Crippen MR) is 73.6 cm³/mol. The summed E-state index contributed by atoms with van der Waals surface area (Å²) >= 11 is 1.50. The van der Waals surface area contributed by atoms with E-state index in [0.717, 1.165) is 22.8 Å². The zero-order chi connectivity index (χ0) is 12.4. The van der Waals surface area contributed by atoms with Crippen LogP contribution in [0.15, 0.2) is 0 Å². The Morgan fingerprint density at radius 1 is 1.29 bits per heavy atom. The molecule has 96 valence electrons. The molecule has 0 aromatic carbocycles. The van der Waals surface area contributed by atoms with Crippen molar-refractivity contribution < 1.29 is 0 Å². The third-order valence-corrected chi connectivity index (χ3v) is 4.63. The number of nitrogens with zero attached hydrogens (tertiary/aromatic N) is 2. The van der Waals surface area contributed by atoms with Crippen LogP contribution in [0.1, 0.15) is 58.7 Å². The Labute approximate surface area is 108 Å². The standard InChI is InChI=1S/C13H23N3S/c1-8(2)12-15-13(17-16-12)14-11-7-5-6-9(3)10(11)4/h8-11H,5-7H2,1-4H3,(H,14,15,16). The van der Waals surface area contributed by atoms with Crippen molar-refractivity contribution in [3.05, 3.63) is 5.82 Å². The summed E-state index contributed by atoms with van der Waals surface area (Å²) in [4.78, 5) is 4.56. The Kier molecular flexibility index (Phi) is 4.02. The van der Waals surface area contributed by atoms with E-state index in [2.05, 4.69) is 42.4 Å². The molecular weight excluding hydrogens is 230 g/mol. The Balaban J connectivity index is 1.99. The van der Waals surface area contributed by atoms with Gasteiger partial charge in [0.05, 0.1) is 0 Å². The van der Waals surface area contributed by atoms with Crippen LogP contribution in [0.3, 0.4) is 0 Å². The van der Waals surface area contributed by atoms with Gasteiger partial charge in [-0.25, -0.2) is 4.98 Å². The van der Waals surface area contributed by atoms with E-state index >= 15 is 0 Å². The molecule has 0 radical (unpaired) electrons. The molecule has 1 heterocycles. The van der Waals surface area contributed by atoms with E-state index in [-0.39, 0.29) is 0 Å². The van der Waals surface area contributed by atoms with Crippen molar-refractivity contribution in [3.8, 4) is 0 Å². The zero-order valence-corrected chi connectivity index (χ0v) is 12.0. The van der Waals surface area contributed by atoms with Crippen LogP contribution in [-0.4, -0.2) is 15.4 Å². The second kappa shape index (κ2) is 5.34. The average molecular weight is 253 g/mol. The van der Waals surface area contributed by atoms with E-state index in [1.165, 1.54) is 30.8 Å². The van der Waals surface area contributed by atoms with Crippen LogP contribution in [0.5, 0.6) is 0 Å². The molecule has 3 nitrogen and oxygen atoms in total. The molecule has 1 N–H and O–H groups in total. The van der Waals surface area contributed by atoms with Crippen LogP contribution in [0.4, 0.5) is 5.13 Å². The first kappa shape index (κ1) is 12.8. The van der Waals surface area contributed by atoms with Crippen LogP contribution in [-0.2, 0) is 0 Å². The molecule has 3 atom stereocenters. The maximum atomic E-state index is 4.56. The molecule has 2 rings (SSSR count). The highest BCUT2D eigenvalue weighted by Crippen LogP contribution is 2.32. The minimum atomic E-state index is 0.421. The summed E-state index contributed by atoms with van der Waals surface area (Å²) in [5.41, 5.74) is 0. The zero-order valence-electron chi connectivity index (χ0n) is 11.2. The van der Waals surface area contributed by atoms with Gasteiger partial charge in [-0.15, -0.1) is 0 Å². The fourth-order valence-corrected chi connectivity index (χ4v) is 3.24. The van der Waals surface area contributed by atoms with Gasteiger partial charge in [0.25, 0.3) is 0 Å². The van der Waals surface area contributed by atoms with Crippen LogP contribution in [0.25, 0.3) is 0 Å². The van der Waals surface area contributed by atoms with Crippen molar-refractivity contribution in [3.63, 3.8) is 0 Å². The summed E-state index contributed by atoms with van der Waals surface area (Å²) in [5.74, 6) is 2.94. The van der Waals surface area contributed by atoms with Gasteiger partial charge in [-0.3, -0.25) is 0 Å². The molecule has 1 saturated carbocycles. The molecule has 17 heavy (non-hydrogen) atoms. The fourth-order valence-electron chi connectivity index (χ4n) is 2.47. The third-order valence-electron chi connectivity index (χ3n) is 3.97. The maximum Gasteiger partial charge on any atom is 0.202 e. The lowest BCUT2D eigenvalue weighted by Gasteiger charge is -2.34. The monoisotopic (exact) mass is 253 g/mol. The van der Waals surface area contributed by atoms with Gasteiger partial charge >= 0.3 is 0 Å². The number of rotatable bonds is 3. The number of hydrogen-bond acceptors (Lipinski definition) is 4. The summed E-state index contributed by atoms with van der Waals surface area (Å²) < 4.78 is 4.39. The van der Waals surface area contributed by atoms with Gasteiger partial charge in [-0.1, -0.05) is 40.5 Å². The molecule has 3 unspecified atom stereocenters. The molecule has 0 saturated heterocycles. The Morgan fingerprint density at radius 2 is 2.06 bits per heavy atom. The van der Waals surface area contributed by atoms with Gasteiger partial charge in [0.15, 0.2) is 0 Å². The van der Waals surface area contributed by atoms with Crippen molar-refractivity contribution in [2.75, 3.05) is 5.32 Å². The normalized spacial score (nSPS) is 29.6. The molecular formula is C13H23N3S. The summed E-state index contributed by atoms with van der Waals surface area (Å²) in [6.07, 6.45) is 3.97. The predicted octanol–water partition coefficient (Wildman–Crippen LogP) is 3.90. The highest BCUT2D eigenvalue weighted by molar-refractivity contribution is 7.09. The van der Waals surface area contributed by atoms with Gasteiger partial charge in [-0.05, 0) is 18.3 Å². The lowest BCUT2D eigenvalue weighted by atomic mass is 9.78. The Bertz CT molecular complexity index is 361. The molecule has 0 amide bonds. The molecule has 4 heteroatoms. The van der Waals surface area contributed by atoms with Crippen molar-refractivity contribution in [1.82, 2.24) is 9.36 Å². The first-order chi connectivity index (χ1) is 8.08. The van der Waals surface area contributed by atoms with Crippen LogP contribution in [0.2, 0.25) is 0 Å². The van der Waals surface area contributed by atoms with Gasteiger partial charge in [0, 0.05) is 23.5 Å². The second-order valence-corrected chi connectivity index (χ2v) is 6.38. The number of nitrogens with one attached hydrogen (secondary N) is 1. The molecule has 1 aliphatic rings. The van der Waals surface area contributed by atoms with Crippen LogP contribution in [0, 0.1) is 11.8 Å². The van der Waals surface area contributed by atoms with Crippen molar-refractivity contribution in [2.24, 2.45) is 11.8 Å². The van der Waals surface area contributed by atoms with E-state index < -0.39 is 0 Å². The summed E-state index contributed by atoms with van der Waals surface area (Å²) in [6.45, 7) is 8.98. The minimum absolute atomic E-state index is 0.421. The molecule has 0 aliphatic heterocycles. The fraction of sp³-hybridized carbons (Fsp3) is 0.846. The van der Waals surface area contributed by atoms with Crippen LogP contribution < -0.4 is 5.32 Å². The lowest BCUT2D eigenvalue weighted by Crippen LogP contribution is -2.34. The molecule has 1 aromatic rings. The van der Waals surface area contributed by atoms with E-state index in [0.29, 0.717) is 12.0 Å². The van der Waals surface area contributed by atoms with E-state index in [9.17, 15) is 0 Å². The molecule has 1 aromatic heterocycles. The molecule has 1 fully saturated rings. The largest absolute Gasteiger partial charge is 0.357 e. The second-order valence-electron chi connectivity index (χ2n) is 5.63. The number of hydrogen-bond donors (Lipinski definition) is 1. The van der Waals surface area contributed by atoms with E-state index in [4.69, 9.17) is 0 Å². The number of aromatic nitrogens is 2. The Morgan fingerprint density at radius 3 is 2.71 bits per heavy atom. The maximum absolute atomic E-state index is 4.56. The molecule has 0 spiro atoms. The molecule has 0 bridgehead atoms. The molecule has 1 aliphatic carbocycles. The lowest BCUT2D eigenvalue weighted by molar-refractivity contribution is 0.253. The summed E-state index contributed by atoms with van der Waals surface area (Å²) in [6, 6.07) is 0.576. The van der Waals surface area contributed by atoms with Gasteiger partial charge in [0.2, 0.25) is 5.13 Å². The topological polar surface area (TPSA) is 37.8 Å². The number of anilines is 1. The Hall–Kier alpha value is -0.640. The minimum Gasteiger partial charge on any atom is -0.357 e. The summed E-state index contributed by atoms with van der Waals surface area (Å²) in [5, 5.41) is 4.58.